The first kappa shape index (κ1) is 16.4. The van der Waals surface area contributed by atoms with E-state index < -0.39 is 0 Å². The molecule has 0 aliphatic rings. The summed E-state index contributed by atoms with van der Waals surface area (Å²) in [7, 11) is 0. The van der Waals surface area contributed by atoms with Crippen molar-refractivity contribution in [2.45, 2.75) is 11.5 Å². The van der Waals surface area contributed by atoms with E-state index in [2.05, 4.69) is 5.32 Å². The van der Waals surface area contributed by atoms with E-state index in [9.17, 15) is 4.79 Å². The summed E-state index contributed by atoms with van der Waals surface area (Å²) in [4.78, 5) is 13.1. The number of rotatable bonds is 6. The molecule has 0 bridgehead atoms. The second-order valence-electron chi connectivity index (χ2n) is 5.15. The molecular formula is C19H17NO3S. The first-order valence-electron chi connectivity index (χ1n) is 7.52. The summed E-state index contributed by atoms with van der Waals surface area (Å²) in [6.07, 6.45) is 0. The van der Waals surface area contributed by atoms with Crippen molar-refractivity contribution in [2.75, 3.05) is 11.1 Å². The smallest absolute Gasteiger partial charge is 0.234 e. The van der Waals surface area contributed by atoms with Gasteiger partial charge < -0.3 is 14.8 Å². The summed E-state index contributed by atoms with van der Waals surface area (Å²) in [6, 6.07) is 20.8. The van der Waals surface area contributed by atoms with E-state index in [1.54, 1.807) is 6.07 Å². The molecule has 0 aliphatic heterocycles. The van der Waals surface area contributed by atoms with Crippen molar-refractivity contribution in [3.05, 3.63) is 72.5 Å². The molecule has 0 radical (unpaired) electrons. The van der Waals surface area contributed by atoms with Crippen LogP contribution in [0, 0.1) is 0 Å². The third-order valence-electron chi connectivity index (χ3n) is 3.38. The van der Waals surface area contributed by atoms with Crippen LogP contribution in [0.1, 0.15) is 5.76 Å². The number of carbonyl (C=O) groups excluding carboxylic acids is 1. The van der Waals surface area contributed by atoms with E-state index in [0.717, 1.165) is 16.1 Å². The zero-order valence-electron chi connectivity index (χ0n) is 12.9. The van der Waals surface area contributed by atoms with Crippen molar-refractivity contribution in [3.63, 3.8) is 0 Å². The van der Waals surface area contributed by atoms with Crippen LogP contribution in [0.15, 0.2) is 76.0 Å². The summed E-state index contributed by atoms with van der Waals surface area (Å²) in [6.45, 7) is -0.118. The van der Waals surface area contributed by atoms with Gasteiger partial charge in [0.1, 0.15) is 18.1 Å². The molecule has 2 N–H and O–H groups in total. The largest absolute Gasteiger partial charge is 0.459 e. The topological polar surface area (TPSA) is 62.5 Å². The van der Waals surface area contributed by atoms with E-state index in [0.29, 0.717) is 17.3 Å². The Morgan fingerprint density at radius 1 is 1.00 bits per heavy atom. The Labute approximate surface area is 144 Å². The number of aliphatic hydroxyl groups excluding tert-OH is 1. The third kappa shape index (κ3) is 4.28. The van der Waals surface area contributed by atoms with Gasteiger partial charge in [-0.3, -0.25) is 4.79 Å². The number of aliphatic hydroxyl groups is 1. The Bertz CT molecular complexity index is 797. The van der Waals surface area contributed by atoms with Crippen LogP contribution in [0.4, 0.5) is 5.69 Å². The maximum atomic E-state index is 12.0. The lowest BCUT2D eigenvalue weighted by molar-refractivity contribution is -0.113. The fourth-order valence-electron chi connectivity index (χ4n) is 2.20. The monoisotopic (exact) mass is 339 g/mol. The quantitative estimate of drug-likeness (QED) is 0.662. The molecular weight excluding hydrogens is 322 g/mol. The number of hydrogen-bond donors (Lipinski definition) is 2. The number of carbonyl (C=O) groups is 1. The van der Waals surface area contributed by atoms with E-state index in [1.807, 2.05) is 60.7 Å². The Kier molecular flexibility index (Phi) is 5.36. The van der Waals surface area contributed by atoms with Crippen LogP contribution in [0.25, 0.3) is 11.3 Å². The maximum Gasteiger partial charge on any atom is 0.234 e. The van der Waals surface area contributed by atoms with Crippen LogP contribution in [0.2, 0.25) is 0 Å². The highest BCUT2D eigenvalue weighted by Crippen LogP contribution is 2.24. The van der Waals surface area contributed by atoms with Gasteiger partial charge in [0, 0.05) is 16.1 Å². The Balaban J connectivity index is 1.56. The third-order valence-corrected chi connectivity index (χ3v) is 4.40. The number of thioether (sulfide) groups is 1. The maximum absolute atomic E-state index is 12.0. The number of nitrogens with one attached hydrogen (secondary N) is 1. The van der Waals surface area contributed by atoms with E-state index >= 15 is 0 Å². The lowest BCUT2D eigenvalue weighted by atomic mass is 10.1. The van der Waals surface area contributed by atoms with Crippen molar-refractivity contribution >= 4 is 23.4 Å². The van der Waals surface area contributed by atoms with Gasteiger partial charge in [0.25, 0.3) is 0 Å². The van der Waals surface area contributed by atoms with Gasteiger partial charge in [-0.25, -0.2) is 0 Å². The number of hydrogen-bond acceptors (Lipinski definition) is 4. The highest BCUT2D eigenvalue weighted by molar-refractivity contribution is 8.00. The fourth-order valence-corrected chi connectivity index (χ4v) is 2.92. The first-order valence-corrected chi connectivity index (χ1v) is 8.51. The lowest BCUT2D eigenvalue weighted by Crippen LogP contribution is -2.13. The minimum Gasteiger partial charge on any atom is -0.459 e. The zero-order chi connectivity index (χ0) is 16.8. The van der Waals surface area contributed by atoms with Crippen molar-refractivity contribution in [3.8, 4) is 11.3 Å². The van der Waals surface area contributed by atoms with Gasteiger partial charge in [-0.05, 0) is 48.5 Å². The first-order chi connectivity index (χ1) is 11.7. The minimum atomic E-state index is -0.118. The van der Waals surface area contributed by atoms with Gasteiger partial charge in [0.05, 0.1) is 5.75 Å². The van der Waals surface area contributed by atoms with Gasteiger partial charge in [0.2, 0.25) is 5.91 Å². The van der Waals surface area contributed by atoms with Crippen LogP contribution < -0.4 is 5.32 Å². The van der Waals surface area contributed by atoms with Crippen LogP contribution in [0.3, 0.4) is 0 Å². The van der Waals surface area contributed by atoms with Crippen molar-refractivity contribution in [2.24, 2.45) is 0 Å². The van der Waals surface area contributed by atoms with E-state index in [-0.39, 0.29) is 12.5 Å². The second-order valence-corrected chi connectivity index (χ2v) is 6.20. The molecule has 1 aromatic heterocycles. The molecule has 3 rings (SSSR count). The summed E-state index contributed by atoms with van der Waals surface area (Å²) in [5.74, 6) is 1.54. The van der Waals surface area contributed by atoms with Gasteiger partial charge in [-0.2, -0.15) is 0 Å². The normalized spacial score (nSPS) is 10.5. The van der Waals surface area contributed by atoms with E-state index in [1.165, 1.54) is 11.8 Å². The Morgan fingerprint density at radius 2 is 1.75 bits per heavy atom. The number of amides is 1. The molecule has 2 aromatic carbocycles. The van der Waals surface area contributed by atoms with Crippen LogP contribution >= 0.6 is 11.8 Å². The summed E-state index contributed by atoms with van der Waals surface area (Å²) in [5.41, 5.74) is 1.64. The molecule has 1 amide bonds. The SMILES string of the molecule is O=C(CSc1ccccc1)Nc1ccc(-c2ccc(CO)o2)cc1. The fraction of sp³-hybridized carbons (Fsp3) is 0.105. The van der Waals surface area contributed by atoms with Crippen LogP contribution in [-0.4, -0.2) is 16.8 Å². The molecule has 0 atom stereocenters. The zero-order valence-corrected chi connectivity index (χ0v) is 13.8. The summed E-state index contributed by atoms with van der Waals surface area (Å²) >= 11 is 1.50. The van der Waals surface area contributed by atoms with Crippen molar-refractivity contribution in [1.29, 1.82) is 0 Å². The molecule has 24 heavy (non-hydrogen) atoms. The standard InChI is InChI=1S/C19H17NO3S/c21-12-16-10-11-18(23-16)14-6-8-15(9-7-14)20-19(22)13-24-17-4-2-1-3-5-17/h1-11,21H,12-13H2,(H,20,22). The number of benzene rings is 2. The van der Waals surface area contributed by atoms with Crippen LogP contribution in [0.5, 0.6) is 0 Å². The van der Waals surface area contributed by atoms with Gasteiger partial charge in [-0.1, -0.05) is 18.2 Å². The van der Waals surface area contributed by atoms with Crippen molar-refractivity contribution in [1.82, 2.24) is 0 Å². The molecule has 0 spiro atoms. The highest BCUT2D eigenvalue weighted by Gasteiger charge is 2.06. The second kappa shape index (κ2) is 7.86. The summed E-state index contributed by atoms with van der Waals surface area (Å²) < 4.78 is 5.49. The van der Waals surface area contributed by atoms with E-state index in [4.69, 9.17) is 9.52 Å². The average molecular weight is 339 g/mol. The molecule has 5 heteroatoms. The molecule has 122 valence electrons. The Hall–Kier alpha value is -2.50. The number of furan rings is 1. The molecule has 3 aromatic rings. The summed E-state index contributed by atoms with van der Waals surface area (Å²) in [5, 5.41) is 11.9. The molecule has 0 aliphatic carbocycles. The van der Waals surface area contributed by atoms with Gasteiger partial charge >= 0.3 is 0 Å². The highest BCUT2D eigenvalue weighted by atomic mass is 32.2. The Morgan fingerprint density at radius 3 is 2.42 bits per heavy atom. The van der Waals surface area contributed by atoms with Gasteiger partial charge in [-0.15, -0.1) is 11.8 Å². The molecule has 1 heterocycles. The lowest BCUT2D eigenvalue weighted by Gasteiger charge is -2.06. The van der Waals surface area contributed by atoms with Crippen LogP contribution in [-0.2, 0) is 11.4 Å². The van der Waals surface area contributed by atoms with Gasteiger partial charge in [0.15, 0.2) is 0 Å². The minimum absolute atomic E-state index is 0.0443. The molecule has 0 fully saturated rings. The predicted octanol–water partition coefficient (Wildman–Crippen LogP) is 4.17. The molecule has 0 saturated heterocycles. The number of anilines is 1. The molecule has 0 unspecified atom stereocenters. The van der Waals surface area contributed by atoms with Crippen molar-refractivity contribution < 1.29 is 14.3 Å². The molecule has 0 saturated carbocycles. The molecule has 4 nitrogen and oxygen atoms in total. The average Bonchev–Trinajstić information content (AvgIpc) is 3.11. The predicted molar refractivity (Wildman–Crippen MR) is 95.9 cm³/mol.